The molecule has 24 heavy (non-hydrogen) atoms. The fraction of sp³-hybridized carbons (Fsp3) is 0.333. The van der Waals surface area contributed by atoms with Crippen molar-refractivity contribution in [2.24, 2.45) is 0 Å². The summed E-state index contributed by atoms with van der Waals surface area (Å²) in [6, 6.07) is 3.46. The number of ether oxygens (including phenoxy) is 1. The van der Waals surface area contributed by atoms with Gasteiger partial charge in [-0.3, -0.25) is 14.4 Å². The lowest BCUT2D eigenvalue weighted by molar-refractivity contribution is -0.139. The number of anilines is 1. The number of hydrogen-bond donors (Lipinski definition) is 2. The molecule has 0 radical (unpaired) electrons. The van der Waals surface area contributed by atoms with Gasteiger partial charge >= 0.3 is 11.9 Å². The number of phenols is 1. The molecule has 1 aliphatic rings. The molecule has 2 amide bonds. The van der Waals surface area contributed by atoms with Crippen LogP contribution in [0.15, 0.2) is 18.2 Å². The molecule has 128 valence electrons. The first-order chi connectivity index (χ1) is 11.3. The molecular weight excluding hydrogens is 338 g/mol. The zero-order valence-electron chi connectivity index (χ0n) is 12.7. The molecule has 1 unspecified atom stereocenters. The zero-order chi connectivity index (χ0) is 17.9. The van der Waals surface area contributed by atoms with Crippen LogP contribution in [0.2, 0.25) is 0 Å². The van der Waals surface area contributed by atoms with E-state index >= 15 is 0 Å². The van der Waals surface area contributed by atoms with Crippen LogP contribution in [0.25, 0.3) is 0 Å². The number of hydrogen-bond acceptors (Lipinski definition) is 7. The van der Waals surface area contributed by atoms with Gasteiger partial charge in [0.2, 0.25) is 11.8 Å². The third-order valence-electron chi connectivity index (χ3n) is 3.28. The van der Waals surface area contributed by atoms with Gasteiger partial charge in [-0.15, -0.1) is 11.8 Å². The summed E-state index contributed by atoms with van der Waals surface area (Å²) in [4.78, 5) is 47.7. The second kappa shape index (κ2) is 7.35. The van der Waals surface area contributed by atoms with Crippen molar-refractivity contribution in [1.29, 1.82) is 0 Å². The van der Waals surface area contributed by atoms with Crippen LogP contribution in [0, 0.1) is 0 Å². The lowest BCUT2D eigenvalue weighted by Crippen LogP contribution is -2.31. The molecule has 0 aliphatic carbocycles. The summed E-state index contributed by atoms with van der Waals surface area (Å²) in [6.07, 6.45) is -0.0911. The smallest absolute Gasteiger partial charge is 0.339 e. The molecule has 0 spiro atoms. The Kier molecular flexibility index (Phi) is 5.45. The number of esters is 1. The van der Waals surface area contributed by atoms with E-state index in [1.807, 2.05) is 0 Å². The minimum Gasteiger partial charge on any atom is -0.507 e. The van der Waals surface area contributed by atoms with Crippen LogP contribution >= 0.6 is 11.8 Å². The number of aromatic hydroxyl groups is 1. The normalized spacial score (nSPS) is 17.2. The van der Waals surface area contributed by atoms with Crippen LogP contribution in [0.3, 0.4) is 0 Å². The number of nitrogens with zero attached hydrogens (tertiary/aromatic N) is 1. The Bertz CT molecular complexity index is 703. The Morgan fingerprint density at radius 1 is 1.38 bits per heavy atom. The number of amides is 2. The van der Waals surface area contributed by atoms with Gasteiger partial charge in [0.05, 0.1) is 23.3 Å². The summed E-state index contributed by atoms with van der Waals surface area (Å²) < 4.78 is 4.77. The van der Waals surface area contributed by atoms with E-state index in [0.717, 1.165) is 28.8 Å². The Labute approximate surface area is 141 Å². The highest BCUT2D eigenvalue weighted by atomic mass is 32.2. The van der Waals surface area contributed by atoms with E-state index in [1.165, 1.54) is 6.07 Å². The standard InChI is InChI=1S/C15H15NO7S/c1-2-23-13(19)7-24-11-6-12(18)16(14(11)20)8-3-4-10(17)9(5-8)15(21)22/h3-5,11,17H,2,6-7H2,1H3,(H,21,22). The predicted octanol–water partition coefficient (Wildman–Crippen LogP) is 1.02. The number of benzene rings is 1. The van der Waals surface area contributed by atoms with Gasteiger partial charge in [-0.05, 0) is 25.1 Å². The SMILES string of the molecule is CCOC(=O)CSC1CC(=O)N(c2ccc(O)c(C(=O)O)c2)C1=O. The van der Waals surface area contributed by atoms with Crippen molar-refractivity contribution >= 4 is 41.2 Å². The van der Waals surface area contributed by atoms with Crippen molar-refractivity contribution in [3.63, 3.8) is 0 Å². The maximum absolute atomic E-state index is 12.4. The van der Waals surface area contributed by atoms with Crippen LogP contribution in [-0.4, -0.2) is 51.6 Å². The summed E-state index contributed by atoms with van der Waals surface area (Å²) in [7, 11) is 0. The maximum Gasteiger partial charge on any atom is 0.339 e. The van der Waals surface area contributed by atoms with Crippen LogP contribution in [0.4, 0.5) is 5.69 Å². The molecule has 1 atom stereocenters. The number of carboxylic acid groups (broad SMARTS) is 1. The molecule has 2 N–H and O–H groups in total. The average molecular weight is 353 g/mol. The van der Waals surface area contributed by atoms with Crippen molar-refractivity contribution in [3.8, 4) is 5.75 Å². The minimum absolute atomic E-state index is 0.0542. The molecule has 1 heterocycles. The maximum atomic E-state index is 12.4. The van der Waals surface area contributed by atoms with Crippen LogP contribution in [0.1, 0.15) is 23.7 Å². The van der Waals surface area contributed by atoms with Crippen LogP contribution < -0.4 is 4.90 Å². The topological polar surface area (TPSA) is 121 Å². The third-order valence-corrected chi connectivity index (χ3v) is 4.45. The first kappa shape index (κ1) is 17.8. The lowest BCUT2D eigenvalue weighted by Gasteiger charge is -2.15. The van der Waals surface area contributed by atoms with Gasteiger partial charge < -0.3 is 14.9 Å². The van der Waals surface area contributed by atoms with Gasteiger partial charge in [0, 0.05) is 6.42 Å². The second-order valence-electron chi connectivity index (χ2n) is 4.88. The van der Waals surface area contributed by atoms with Crippen molar-refractivity contribution in [1.82, 2.24) is 0 Å². The molecule has 1 fully saturated rings. The average Bonchev–Trinajstić information content (AvgIpc) is 2.80. The number of carbonyl (C=O) groups is 4. The number of carboxylic acids is 1. The van der Waals surface area contributed by atoms with E-state index in [-0.39, 0.29) is 24.5 Å². The lowest BCUT2D eigenvalue weighted by atomic mass is 10.1. The van der Waals surface area contributed by atoms with Gasteiger partial charge in [-0.2, -0.15) is 0 Å². The highest BCUT2D eigenvalue weighted by molar-refractivity contribution is 8.01. The summed E-state index contributed by atoms with van der Waals surface area (Å²) in [6.45, 7) is 1.90. The van der Waals surface area contributed by atoms with Crippen molar-refractivity contribution in [2.75, 3.05) is 17.3 Å². The van der Waals surface area contributed by atoms with E-state index in [9.17, 15) is 24.3 Å². The monoisotopic (exact) mass is 353 g/mol. The van der Waals surface area contributed by atoms with Gasteiger partial charge in [-0.1, -0.05) is 0 Å². The number of rotatable bonds is 6. The van der Waals surface area contributed by atoms with Crippen LogP contribution in [-0.2, 0) is 19.1 Å². The molecule has 2 rings (SSSR count). The largest absolute Gasteiger partial charge is 0.507 e. The summed E-state index contributed by atoms with van der Waals surface area (Å²) in [5.41, 5.74) is -0.338. The van der Waals surface area contributed by atoms with Gasteiger partial charge in [0.25, 0.3) is 0 Å². The minimum atomic E-state index is -1.37. The van der Waals surface area contributed by atoms with Crippen molar-refractivity contribution in [2.45, 2.75) is 18.6 Å². The Balaban J connectivity index is 2.16. The molecule has 8 nitrogen and oxygen atoms in total. The summed E-state index contributed by atoms with van der Waals surface area (Å²) in [5.74, 6) is -3.39. The predicted molar refractivity (Wildman–Crippen MR) is 85.1 cm³/mol. The van der Waals surface area contributed by atoms with E-state index in [4.69, 9.17) is 9.84 Å². The highest BCUT2D eigenvalue weighted by Gasteiger charge is 2.40. The van der Waals surface area contributed by atoms with E-state index in [1.54, 1.807) is 6.92 Å². The highest BCUT2D eigenvalue weighted by Crippen LogP contribution is 2.32. The molecule has 0 bridgehead atoms. The Morgan fingerprint density at radius 2 is 2.08 bits per heavy atom. The Morgan fingerprint density at radius 3 is 2.71 bits per heavy atom. The van der Waals surface area contributed by atoms with Gasteiger partial charge in [-0.25, -0.2) is 9.69 Å². The number of carbonyl (C=O) groups excluding carboxylic acids is 3. The van der Waals surface area contributed by atoms with Gasteiger partial charge in [0.1, 0.15) is 11.3 Å². The number of imide groups is 1. The molecule has 0 aromatic heterocycles. The van der Waals surface area contributed by atoms with Crippen molar-refractivity contribution in [3.05, 3.63) is 23.8 Å². The van der Waals surface area contributed by atoms with Gasteiger partial charge in [0.15, 0.2) is 0 Å². The van der Waals surface area contributed by atoms with Crippen molar-refractivity contribution < 1.29 is 34.1 Å². The fourth-order valence-corrected chi connectivity index (χ4v) is 3.14. The van der Waals surface area contributed by atoms with E-state index in [0.29, 0.717) is 0 Å². The Hall–Kier alpha value is -2.55. The molecule has 1 aliphatic heterocycles. The second-order valence-corrected chi connectivity index (χ2v) is 6.07. The fourth-order valence-electron chi connectivity index (χ4n) is 2.21. The summed E-state index contributed by atoms with van der Waals surface area (Å²) >= 11 is 1.00. The third kappa shape index (κ3) is 3.67. The van der Waals surface area contributed by atoms with E-state index in [2.05, 4.69) is 0 Å². The first-order valence-electron chi connectivity index (χ1n) is 7.05. The molecule has 1 aromatic rings. The van der Waals surface area contributed by atoms with Crippen LogP contribution in [0.5, 0.6) is 5.75 Å². The van der Waals surface area contributed by atoms with E-state index < -0.39 is 40.3 Å². The molecular formula is C15H15NO7S. The number of aromatic carboxylic acids is 1. The molecule has 1 saturated heterocycles. The molecule has 1 aromatic carbocycles. The summed E-state index contributed by atoms with van der Waals surface area (Å²) in [5, 5.41) is 17.8. The molecule has 0 saturated carbocycles. The number of thioether (sulfide) groups is 1. The quantitative estimate of drug-likeness (QED) is 0.574. The molecule has 9 heteroatoms. The first-order valence-corrected chi connectivity index (χ1v) is 8.10. The zero-order valence-corrected chi connectivity index (χ0v) is 13.5.